The summed E-state index contributed by atoms with van der Waals surface area (Å²) in [6, 6.07) is 7.29. The molecule has 0 fully saturated rings. The minimum atomic E-state index is -0.360. The van der Waals surface area contributed by atoms with Crippen molar-refractivity contribution >= 4 is 23.5 Å². The monoisotopic (exact) mass is 297 g/mol. The second kappa shape index (κ2) is 8.43. The van der Waals surface area contributed by atoms with Crippen molar-refractivity contribution in [2.24, 2.45) is 5.73 Å². The number of nitrogens with one attached hydrogen (secondary N) is 2. The Kier molecular flexibility index (Phi) is 6.87. The number of benzene rings is 1. The van der Waals surface area contributed by atoms with Crippen LogP contribution in [0.15, 0.2) is 24.3 Å². The van der Waals surface area contributed by atoms with Gasteiger partial charge in [-0.1, -0.05) is 23.7 Å². The minimum absolute atomic E-state index is 0.00962. The van der Waals surface area contributed by atoms with E-state index in [0.717, 1.165) is 5.56 Å². The molecule has 0 aliphatic heterocycles. The molecule has 0 heterocycles. The van der Waals surface area contributed by atoms with Crippen molar-refractivity contribution in [3.05, 3.63) is 34.9 Å². The molecule has 0 aromatic heterocycles. The highest BCUT2D eigenvalue weighted by molar-refractivity contribution is 6.30. The number of carbonyl (C=O) groups is 2. The zero-order chi connectivity index (χ0) is 15.0. The number of nitrogens with two attached hydrogens (primary N) is 1. The molecule has 1 aromatic carbocycles. The predicted octanol–water partition coefficient (Wildman–Crippen LogP) is 1.84. The fraction of sp³-hybridized carbons (Fsp3) is 0.429. The lowest BCUT2D eigenvalue weighted by atomic mass is 10.1. The lowest BCUT2D eigenvalue weighted by Gasteiger charge is -2.14. The molecule has 1 atom stereocenters. The van der Waals surface area contributed by atoms with E-state index in [-0.39, 0.29) is 24.4 Å². The molecule has 20 heavy (non-hydrogen) atoms. The van der Waals surface area contributed by atoms with Crippen molar-refractivity contribution < 1.29 is 9.59 Å². The van der Waals surface area contributed by atoms with E-state index in [0.29, 0.717) is 24.4 Å². The van der Waals surface area contributed by atoms with Crippen LogP contribution in [-0.2, 0) is 11.2 Å². The largest absolute Gasteiger partial charge is 0.370 e. The van der Waals surface area contributed by atoms with Crippen molar-refractivity contribution in [3.8, 4) is 0 Å². The first-order valence-corrected chi connectivity index (χ1v) is 6.92. The van der Waals surface area contributed by atoms with E-state index < -0.39 is 0 Å². The van der Waals surface area contributed by atoms with Crippen LogP contribution in [0.5, 0.6) is 0 Å². The first-order valence-electron chi connectivity index (χ1n) is 6.54. The summed E-state index contributed by atoms with van der Waals surface area (Å²) >= 11 is 5.91. The lowest BCUT2D eigenvalue weighted by Crippen LogP contribution is -2.42. The molecule has 1 rings (SSSR count). The van der Waals surface area contributed by atoms with E-state index in [2.05, 4.69) is 10.6 Å². The Labute approximate surface area is 123 Å². The molecular weight excluding hydrogens is 278 g/mol. The highest BCUT2D eigenvalue weighted by Gasteiger charge is 2.08. The number of hydrogen-bond acceptors (Lipinski definition) is 2. The molecule has 0 aliphatic rings. The normalized spacial score (nSPS) is 11.7. The van der Waals surface area contributed by atoms with Gasteiger partial charge in [-0.15, -0.1) is 0 Å². The van der Waals surface area contributed by atoms with Crippen LogP contribution in [0.4, 0.5) is 4.79 Å². The fourth-order valence-corrected chi connectivity index (χ4v) is 2.02. The molecule has 3 amide bonds. The van der Waals surface area contributed by atoms with Crippen LogP contribution in [0.3, 0.4) is 0 Å². The van der Waals surface area contributed by atoms with E-state index in [1.54, 1.807) is 0 Å². The maximum absolute atomic E-state index is 11.6. The van der Waals surface area contributed by atoms with Crippen LogP contribution in [0.2, 0.25) is 5.02 Å². The molecule has 1 unspecified atom stereocenters. The molecule has 110 valence electrons. The molecule has 5 nitrogen and oxygen atoms in total. The zero-order valence-corrected chi connectivity index (χ0v) is 12.2. The lowest BCUT2D eigenvalue weighted by molar-refractivity contribution is -0.118. The van der Waals surface area contributed by atoms with Gasteiger partial charge in [0.2, 0.25) is 5.91 Å². The Morgan fingerprint density at radius 3 is 2.80 bits per heavy atom. The van der Waals surface area contributed by atoms with Crippen molar-refractivity contribution in [1.82, 2.24) is 10.6 Å². The van der Waals surface area contributed by atoms with Gasteiger partial charge in [-0.05, 0) is 37.5 Å². The SMILES string of the molecule is CC(Cc1cccc(Cl)c1)NC(=O)NCCCC(N)=O. The van der Waals surface area contributed by atoms with E-state index in [4.69, 9.17) is 17.3 Å². The Balaban J connectivity index is 2.26. The predicted molar refractivity (Wildman–Crippen MR) is 79.6 cm³/mol. The maximum Gasteiger partial charge on any atom is 0.315 e. The third-order valence-electron chi connectivity index (χ3n) is 2.69. The molecule has 0 spiro atoms. The third kappa shape index (κ3) is 6.99. The summed E-state index contributed by atoms with van der Waals surface area (Å²) < 4.78 is 0. The van der Waals surface area contributed by atoms with Gasteiger partial charge in [0.25, 0.3) is 0 Å². The van der Waals surface area contributed by atoms with E-state index in [9.17, 15) is 9.59 Å². The smallest absolute Gasteiger partial charge is 0.315 e. The van der Waals surface area contributed by atoms with Gasteiger partial charge >= 0.3 is 6.03 Å². The van der Waals surface area contributed by atoms with Crippen LogP contribution in [-0.4, -0.2) is 24.5 Å². The van der Waals surface area contributed by atoms with Crippen LogP contribution in [0.1, 0.15) is 25.3 Å². The van der Waals surface area contributed by atoms with Gasteiger partial charge in [-0.25, -0.2) is 4.79 Å². The van der Waals surface area contributed by atoms with Crippen molar-refractivity contribution in [1.29, 1.82) is 0 Å². The van der Waals surface area contributed by atoms with Crippen LogP contribution < -0.4 is 16.4 Å². The van der Waals surface area contributed by atoms with Gasteiger partial charge in [-0.2, -0.15) is 0 Å². The molecule has 1 aromatic rings. The van der Waals surface area contributed by atoms with Crippen molar-refractivity contribution in [3.63, 3.8) is 0 Å². The highest BCUT2D eigenvalue weighted by atomic mass is 35.5. The van der Waals surface area contributed by atoms with E-state index in [1.807, 2.05) is 31.2 Å². The first-order chi connectivity index (χ1) is 9.47. The van der Waals surface area contributed by atoms with E-state index >= 15 is 0 Å². The standard InChI is InChI=1S/C14H20ClN3O2/c1-10(8-11-4-2-5-12(15)9-11)18-14(20)17-7-3-6-13(16)19/h2,4-5,9-10H,3,6-8H2,1H3,(H2,16,19)(H2,17,18,20). The molecule has 0 bridgehead atoms. The van der Waals surface area contributed by atoms with Gasteiger partial charge < -0.3 is 16.4 Å². The fourth-order valence-electron chi connectivity index (χ4n) is 1.81. The number of amides is 3. The topological polar surface area (TPSA) is 84.2 Å². The molecule has 0 saturated heterocycles. The molecule has 0 saturated carbocycles. The van der Waals surface area contributed by atoms with Gasteiger partial charge in [0.15, 0.2) is 0 Å². The van der Waals surface area contributed by atoms with Gasteiger partial charge in [-0.3, -0.25) is 4.79 Å². The summed E-state index contributed by atoms with van der Waals surface area (Å²) in [4.78, 5) is 22.1. The summed E-state index contributed by atoms with van der Waals surface area (Å²) in [6.07, 6.45) is 1.53. The van der Waals surface area contributed by atoms with Crippen molar-refractivity contribution in [2.75, 3.05) is 6.54 Å². The summed E-state index contributed by atoms with van der Waals surface area (Å²) in [5.74, 6) is -0.360. The number of rotatable bonds is 7. The van der Waals surface area contributed by atoms with Crippen LogP contribution in [0, 0.1) is 0 Å². The van der Waals surface area contributed by atoms with Crippen molar-refractivity contribution in [2.45, 2.75) is 32.2 Å². The average molecular weight is 298 g/mol. The number of urea groups is 1. The molecule has 0 radical (unpaired) electrons. The number of carbonyl (C=O) groups excluding carboxylic acids is 2. The number of primary amides is 1. The molecule has 4 N–H and O–H groups in total. The first kappa shape index (κ1) is 16.3. The molecule has 6 heteroatoms. The summed E-state index contributed by atoms with van der Waals surface area (Å²) in [7, 11) is 0. The molecular formula is C14H20ClN3O2. The van der Waals surface area contributed by atoms with E-state index in [1.165, 1.54) is 0 Å². The minimum Gasteiger partial charge on any atom is -0.370 e. The van der Waals surface area contributed by atoms with Crippen LogP contribution >= 0.6 is 11.6 Å². The summed E-state index contributed by atoms with van der Waals surface area (Å²) in [5, 5.41) is 6.19. The van der Waals surface area contributed by atoms with Gasteiger partial charge in [0.1, 0.15) is 0 Å². The Morgan fingerprint density at radius 2 is 2.15 bits per heavy atom. The zero-order valence-electron chi connectivity index (χ0n) is 11.5. The molecule has 0 aliphatic carbocycles. The summed E-state index contributed by atoms with van der Waals surface area (Å²) in [6.45, 7) is 2.35. The summed E-state index contributed by atoms with van der Waals surface area (Å²) in [5.41, 5.74) is 6.08. The van der Waals surface area contributed by atoms with Gasteiger partial charge in [0, 0.05) is 24.0 Å². The Hall–Kier alpha value is -1.75. The van der Waals surface area contributed by atoms with Gasteiger partial charge in [0.05, 0.1) is 0 Å². The Morgan fingerprint density at radius 1 is 1.40 bits per heavy atom. The number of halogens is 1. The second-order valence-corrected chi connectivity index (χ2v) is 5.14. The third-order valence-corrected chi connectivity index (χ3v) is 2.93. The number of hydrogen-bond donors (Lipinski definition) is 3. The highest BCUT2D eigenvalue weighted by Crippen LogP contribution is 2.12. The second-order valence-electron chi connectivity index (χ2n) is 4.71. The average Bonchev–Trinajstić information content (AvgIpc) is 2.34. The maximum atomic E-state index is 11.6. The van der Waals surface area contributed by atoms with Crippen LogP contribution in [0.25, 0.3) is 0 Å². The quantitative estimate of drug-likeness (QED) is 0.671. The Bertz CT molecular complexity index is 465.